The molecule has 0 spiro atoms. The number of benzene rings is 2. The first-order chi connectivity index (χ1) is 11.9. The zero-order valence-corrected chi connectivity index (χ0v) is 14.9. The van der Waals surface area contributed by atoms with Crippen molar-refractivity contribution in [3.05, 3.63) is 64.1 Å². The van der Waals surface area contributed by atoms with Crippen LogP contribution in [0.2, 0.25) is 0 Å². The lowest BCUT2D eigenvalue weighted by molar-refractivity contribution is -0.137. The molecule has 0 aliphatic carbocycles. The molecule has 2 aromatic carbocycles. The van der Waals surface area contributed by atoms with E-state index in [4.69, 9.17) is 5.11 Å². The summed E-state index contributed by atoms with van der Waals surface area (Å²) in [7, 11) is 0. The summed E-state index contributed by atoms with van der Waals surface area (Å²) in [6.45, 7) is -0.401. The Balaban J connectivity index is 1.87. The van der Waals surface area contributed by atoms with Crippen molar-refractivity contribution in [2.45, 2.75) is 12.8 Å². The molecular weight excluding hydrogens is 388 g/mol. The Morgan fingerprint density at radius 3 is 2.24 bits per heavy atom. The molecule has 6 nitrogen and oxygen atoms in total. The van der Waals surface area contributed by atoms with Gasteiger partial charge >= 0.3 is 5.97 Å². The highest BCUT2D eigenvalue weighted by molar-refractivity contribution is 9.10. The van der Waals surface area contributed by atoms with E-state index >= 15 is 0 Å². The largest absolute Gasteiger partial charge is 0.480 e. The fourth-order valence-corrected chi connectivity index (χ4v) is 2.57. The van der Waals surface area contributed by atoms with Gasteiger partial charge in [-0.15, -0.1) is 0 Å². The van der Waals surface area contributed by atoms with Crippen LogP contribution in [0.25, 0.3) is 0 Å². The summed E-state index contributed by atoms with van der Waals surface area (Å²) in [4.78, 5) is 34.1. The lowest BCUT2D eigenvalue weighted by atomic mass is 10.1. The molecule has 0 heterocycles. The Morgan fingerprint density at radius 2 is 1.60 bits per heavy atom. The minimum absolute atomic E-state index is 0.0818. The number of anilines is 1. The second-order valence-electron chi connectivity index (χ2n) is 5.36. The van der Waals surface area contributed by atoms with Crippen molar-refractivity contribution in [3.63, 3.8) is 0 Å². The number of hydrogen-bond acceptors (Lipinski definition) is 3. The second-order valence-corrected chi connectivity index (χ2v) is 6.21. The third-order valence-electron chi connectivity index (χ3n) is 3.35. The Morgan fingerprint density at radius 1 is 0.920 bits per heavy atom. The fraction of sp³-hybridized carbons (Fsp3) is 0.167. The molecule has 0 fully saturated rings. The number of nitrogens with one attached hydrogen (secondary N) is 2. The Bertz CT molecular complexity index is 775. The standard InChI is InChI=1S/C18H17BrN2O4/c19-15-4-2-1-3-13(15)10-17(23)21-14-7-5-12(6-8-14)9-16(22)20-11-18(24)25/h1-8H,9-11H2,(H,20,22)(H,21,23)(H,24,25). The number of carboxylic acids is 1. The number of rotatable bonds is 7. The van der Waals surface area contributed by atoms with Crippen molar-refractivity contribution in [1.82, 2.24) is 5.32 Å². The van der Waals surface area contributed by atoms with Crippen LogP contribution in [0.5, 0.6) is 0 Å². The summed E-state index contributed by atoms with van der Waals surface area (Å²) in [5, 5.41) is 13.6. The lowest BCUT2D eigenvalue weighted by Gasteiger charge is -2.08. The highest BCUT2D eigenvalue weighted by atomic mass is 79.9. The van der Waals surface area contributed by atoms with Gasteiger partial charge in [-0.3, -0.25) is 14.4 Å². The van der Waals surface area contributed by atoms with Gasteiger partial charge in [0.1, 0.15) is 6.54 Å². The van der Waals surface area contributed by atoms with Crippen LogP contribution in [0.3, 0.4) is 0 Å². The van der Waals surface area contributed by atoms with Gasteiger partial charge in [0.2, 0.25) is 11.8 Å². The first-order valence-corrected chi connectivity index (χ1v) is 8.34. The van der Waals surface area contributed by atoms with E-state index in [1.54, 1.807) is 24.3 Å². The zero-order chi connectivity index (χ0) is 18.2. The molecule has 0 aliphatic rings. The number of aliphatic carboxylic acids is 1. The molecule has 0 aromatic heterocycles. The van der Waals surface area contributed by atoms with E-state index in [0.717, 1.165) is 15.6 Å². The summed E-state index contributed by atoms with van der Waals surface area (Å²) in [6, 6.07) is 14.4. The molecule has 2 amide bonds. The predicted molar refractivity (Wildman–Crippen MR) is 97.3 cm³/mol. The van der Waals surface area contributed by atoms with E-state index in [2.05, 4.69) is 26.6 Å². The van der Waals surface area contributed by atoms with Crippen molar-refractivity contribution in [3.8, 4) is 0 Å². The molecule has 7 heteroatoms. The third kappa shape index (κ3) is 6.39. The first kappa shape index (κ1) is 18.7. The van der Waals surface area contributed by atoms with Crippen LogP contribution in [0.1, 0.15) is 11.1 Å². The molecule has 0 aliphatic heterocycles. The summed E-state index contributed by atoms with van der Waals surface area (Å²) in [5.74, 6) is -1.59. The van der Waals surface area contributed by atoms with Crippen LogP contribution in [-0.2, 0) is 27.2 Å². The number of carbonyl (C=O) groups excluding carboxylic acids is 2. The maximum absolute atomic E-state index is 12.1. The zero-order valence-electron chi connectivity index (χ0n) is 13.3. The van der Waals surface area contributed by atoms with Gasteiger partial charge in [0.05, 0.1) is 12.8 Å². The first-order valence-electron chi connectivity index (χ1n) is 7.54. The number of hydrogen-bond donors (Lipinski definition) is 3. The Hall–Kier alpha value is -2.67. The van der Waals surface area contributed by atoms with Gasteiger partial charge in [-0.05, 0) is 29.3 Å². The predicted octanol–water partition coefficient (Wildman–Crippen LogP) is 2.37. The van der Waals surface area contributed by atoms with Crippen LogP contribution in [0.4, 0.5) is 5.69 Å². The number of amides is 2. The number of carboxylic acid groups (broad SMARTS) is 1. The average molecular weight is 405 g/mol. The maximum atomic E-state index is 12.1. The van der Waals surface area contributed by atoms with E-state index < -0.39 is 12.5 Å². The Labute approximate surface area is 153 Å². The van der Waals surface area contributed by atoms with Crippen LogP contribution in [0, 0.1) is 0 Å². The maximum Gasteiger partial charge on any atom is 0.322 e. The van der Waals surface area contributed by atoms with E-state index in [9.17, 15) is 14.4 Å². The normalized spacial score (nSPS) is 10.1. The van der Waals surface area contributed by atoms with Crippen LogP contribution < -0.4 is 10.6 Å². The smallest absolute Gasteiger partial charge is 0.322 e. The molecular formula is C18H17BrN2O4. The second kappa shape index (κ2) is 8.98. The minimum atomic E-state index is -1.09. The summed E-state index contributed by atoms with van der Waals surface area (Å²) >= 11 is 3.41. The quantitative estimate of drug-likeness (QED) is 0.659. The molecule has 2 aromatic rings. The van der Waals surface area contributed by atoms with Crippen LogP contribution in [0.15, 0.2) is 53.0 Å². The van der Waals surface area contributed by atoms with E-state index in [1.807, 2.05) is 24.3 Å². The van der Waals surface area contributed by atoms with Crippen molar-refractivity contribution >= 4 is 39.4 Å². The molecule has 0 bridgehead atoms. The Kier molecular flexibility index (Phi) is 6.71. The SMILES string of the molecule is O=C(O)CNC(=O)Cc1ccc(NC(=O)Cc2ccccc2Br)cc1. The van der Waals surface area contributed by atoms with Crippen molar-refractivity contribution in [2.24, 2.45) is 0 Å². The summed E-state index contributed by atoms with van der Waals surface area (Å²) in [5.41, 5.74) is 2.25. The van der Waals surface area contributed by atoms with E-state index in [0.29, 0.717) is 5.69 Å². The molecule has 3 N–H and O–H groups in total. The molecule has 0 unspecified atom stereocenters. The molecule has 25 heavy (non-hydrogen) atoms. The molecule has 0 radical (unpaired) electrons. The van der Waals surface area contributed by atoms with Crippen LogP contribution in [-0.4, -0.2) is 29.4 Å². The van der Waals surface area contributed by atoms with Crippen molar-refractivity contribution in [1.29, 1.82) is 0 Å². The highest BCUT2D eigenvalue weighted by Crippen LogP contribution is 2.17. The fourth-order valence-electron chi connectivity index (χ4n) is 2.15. The van der Waals surface area contributed by atoms with Gasteiger partial charge in [0.25, 0.3) is 0 Å². The molecule has 0 saturated heterocycles. The van der Waals surface area contributed by atoms with E-state index in [1.165, 1.54) is 0 Å². The highest BCUT2D eigenvalue weighted by Gasteiger charge is 2.08. The summed E-state index contributed by atoms with van der Waals surface area (Å²) in [6.07, 6.45) is 0.333. The molecule has 0 atom stereocenters. The molecule has 0 saturated carbocycles. The topological polar surface area (TPSA) is 95.5 Å². The van der Waals surface area contributed by atoms with Gasteiger partial charge in [0, 0.05) is 10.2 Å². The average Bonchev–Trinajstić information content (AvgIpc) is 2.57. The van der Waals surface area contributed by atoms with Crippen LogP contribution >= 0.6 is 15.9 Å². The monoisotopic (exact) mass is 404 g/mol. The lowest BCUT2D eigenvalue weighted by Crippen LogP contribution is -2.30. The minimum Gasteiger partial charge on any atom is -0.480 e. The van der Waals surface area contributed by atoms with Crippen molar-refractivity contribution < 1.29 is 19.5 Å². The number of halogens is 1. The number of carbonyl (C=O) groups is 3. The molecule has 130 valence electrons. The van der Waals surface area contributed by atoms with Gasteiger partial charge in [-0.25, -0.2) is 0 Å². The van der Waals surface area contributed by atoms with E-state index in [-0.39, 0.29) is 24.7 Å². The summed E-state index contributed by atoms with van der Waals surface area (Å²) < 4.78 is 0.882. The van der Waals surface area contributed by atoms with Gasteiger partial charge < -0.3 is 15.7 Å². The van der Waals surface area contributed by atoms with Gasteiger partial charge in [0.15, 0.2) is 0 Å². The van der Waals surface area contributed by atoms with Crippen molar-refractivity contribution in [2.75, 3.05) is 11.9 Å². The third-order valence-corrected chi connectivity index (χ3v) is 4.12. The van der Waals surface area contributed by atoms with Gasteiger partial charge in [-0.2, -0.15) is 0 Å². The molecule has 2 rings (SSSR count). The van der Waals surface area contributed by atoms with Gasteiger partial charge in [-0.1, -0.05) is 46.3 Å².